The van der Waals surface area contributed by atoms with Crippen molar-refractivity contribution < 1.29 is 18.9 Å². The zero-order chi connectivity index (χ0) is 18.0. The van der Waals surface area contributed by atoms with Crippen LogP contribution < -0.4 is 10.9 Å². The number of nitrogens with one attached hydrogen (secondary N) is 1. The van der Waals surface area contributed by atoms with Crippen molar-refractivity contribution in [3.8, 4) is 0 Å². The van der Waals surface area contributed by atoms with Crippen molar-refractivity contribution in [3.63, 3.8) is 0 Å². The van der Waals surface area contributed by atoms with Crippen LogP contribution in [0.3, 0.4) is 0 Å². The first-order valence-corrected chi connectivity index (χ1v) is 6.68. The van der Waals surface area contributed by atoms with Crippen LogP contribution in [0, 0.1) is 10.1 Å². The maximum absolute atomic E-state index is 12.1. The number of hydrogen-bond donors (Lipinski definition) is 1. The Morgan fingerprint density at radius 2 is 2.00 bits per heavy atom. The van der Waals surface area contributed by atoms with Crippen molar-refractivity contribution in [2.75, 3.05) is 19.4 Å². The number of aromatic nitrogens is 1. The largest absolute Gasteiger partial charge is 0.433 e. The Kier molecular flexibility index (Phi) is 4.49. The van der Waals surface area contributed by atoms with E-state index in [-0.39, 0.29) is 22.9 Å². The zero-order valence-corrected chi connectivity index (χ0v) is 13.1. The van der Waals surface area contributed by atoms with Crippen LogP contribution in [0.4, 0.5) is 11.6 Å². The van der Waals surface area contributed by atoms with Crippen LogP contribution in [0.25, 0.3) is 0 Å². The van der Waals surface area contributed by atoms with E-state index in [0.29, 0.717) is 0 Å². The first-order chi connectivity index (χ1) is 11.2. The maximum atomic E-state index is 12.1. The second kappa shape index (κ2) is 6.36. The van der Waals surface area contributed by atoms with Gasteiger partial charge in [-0.1, -0.05) is 0 Å². The number of anilines is 1. The van der Waals surface area contributed by atoms with Gasteiger partial charge in [0.25, 0.3) is 17.4 Å². The molecule has 2 aromatic heterocycles. The molecule has 0 saturated heterocycles. The fourth-order valence-corrected chi connectivity index (χ4v) is 1.91. The molecule has 0 aliphatic carbocycles. The number of aryl methyl sites for hydroxylation is 1. The van der Waals surface area contributed by atoms with Crippen LogP contribution in [-0.4, -0.2) is 40.3 Å². The topological polar surface area (TPSA) is 128 Å². The van der Waals surface area contributed by atoms with E-state index in [2.05, 4.69) is 5.32 Å². The van der Waals surface area contributed by atoms with Gasteiger partial charge in [0.15, 0.2) is 5.76 Å². The van der Waals surface area contributed by atoms with Gasteiger partial charge in [-0.3, -0.25) is 24.5 Å². The summed E-state index contributed by atoms with van der Waals surface area (Å²) in [6.45, 7) is 0. The molecule has 0 atom stereocenters. The fourth-order valence-electron chi connectivity index (χ4n) is 1.91. The molecule has 1 N–H and O–H groups in total. The number of furan rings is 1. The first-order valence-electron chi connectivity index (χ1n) is 6.68. The summed E-state index contributed by atoms with van der Waals surface area (Å²) in [5.41, 5.74) is -0.489. The molecular weight excluding hydrogens is 320 g/mol. The minimum atomic E-state index is -0.838. The molecule has 2 aromatic rings. The lowest BCUT2D eigenvalue weighted by Crippen LogP contribution is -2.28. The fraction of sp³-hybridized carbons (Fsp3) is 0.214. The van der Waals surface area contributed by atoms with Gasteiger partial charge in [-0.2, -0.15) is 0 Å². The molecule has 2 amide bonds. The van der Waals surface area contributed by atoms with Crippen LogP contribution in [0.15, 0.2) is 33.6 Å². The van der Waals surface area contributed by atoms with Crippen molar-refractivity contribution in [2.45, 2.75) is 0 Å². The monoisotopic (exact) mass is 334 g/mol. The van der Waals surface area contributed by atoms with Gasteiger partial charge in [-0.25, -0.2) is 0 Å². The molecule has 24 heavy (non-hydrogen) atoms. The van der Waals surface area contributed by atoms with E-state index in [0.717, 1.165) is 16.7 Å². The lowest BCUT2D eigenvalue weighted by molar-refractivity contribution is -0.402. The molecule has 0 aromatic carbocycles. The average molecular weight is 334 g/mol. The number of rotatable bonds is 4. The number of carbonyl (C=O) groups excluding carboxylic acids is 2. The standard InChI is InChI=1S/C14H14N4O6/c1-16(2)13(20)8-6-9(14(21)17(3)7-8)15-12(19)10-4-5-11(24-10)18(22)23/h4-7H,1-3H3,(H,15,19). The van der Waals surface area contributed by atoms with Gasteiger partial charge in [0.2, 0.25) is 0 Å². The van der Waals surface area contributed by atoms with Gasteiger partial charge < -0.3 is 19.2 Å². The van der Waals surface area contributed by atoms with Gasteiger partial charge in [0.1, 0.15) is 10.6 Å². The molecule has 10 nitrogen and oxygen atoms in total. The van der Waals surface area contributed by atoms with Gasteiger partial charge in [-0.05, 0) is 12.1 Å². The highest BCUT2D eigenvalue weighted by Crippen LogP contribution is 2.17. The van der Waals surface area contributed by atoms with E-state index >= 15 is 0 Å². The van der Waals surface area contributed by atoms with E-state index in [4.69, 9.17) is 4.42 Å². The third-order valence-corrected chi connectivity index (χ3v) is 3.08. The molecule has 0 radical (unpaired) electrons. The SMILES string of the molecule is CN(C)C(=O)c1cc(NC(=O)c2ccc([N+](=O)[O-])o2)c(=O)n(C)c1. The predicted molar refractivity (Wildman–Crippen MR) is 83.0 cm³/mol. The molecule has 0 fully saturated rings. The molecule has 10 heteroatoms. The highest BCUT2D eigenvalue weighted by atomic mass is 16.6. The molecule has 0 unspecified atom stereocenters. The van der Waals surface area contributed by atoms with E-state index < -0.39 is 22.3 Å². The summed E-state index contributed by atoms with van der Waals surface area (Å²) in [4.78, 5) is 47.2. The minimum Gasteiger partial charge on any atom is -0.395 e. The lowest BCUT2D eigenvalue weighted by Gasteiger charge is -2.12. The van der Waals surface area contributed by atoms with Crippen LogP contribution in [0.1, 0.15) is 20.9 Å². The second-order valence-corrected chi connectivity index (χ2v) is 5.11. The smallest absolute Gasteiger partial charge is 0.395 e. The van der Waals surface area contributed by atoms with E-state index in [1.165, 1.54) is 24.2 Å². The number of pyridine rings is 1. The predicted octanol–water partition coefficient (Wildman–Crippen LogP) is 0.841. The van der Waals surface area contributed by atoms with Crippen LogP contribution >= 0.6 is 0 Å². The van der Waals surface area contributed by atoms with E-state index in [9.17, 15) is 24.5 Å². The van der Waals surface area contributed by atoms with Crippen LogP contribution in [-0.2, 0) is 7.05 Å². The molecule has 2 heterocycles. The molecule has 0 aliphatic rings. The minimum absolute atomic E-state index is 0.144. The number of hydrogen-bond acceptors (Lipinski definition) is 6. The Balaban J connectivity index is 2.34. The normalized spacial score (nSPS) is 10.3. The van der Waals surface area contributed by atoms with Gasteiger partial charge in [0.05, 0.1) is 11.6 Å². The Bertz CT molecular complexity index is 880. The summed E-state index contributed by atoms with van der Waals surface area (Å²) >= 11 is 0. The van der Waals surface area contributed by atoms with E-state index in [1.54, 1.807) is 14.1 Å². The second-order valence-electron chi connectivity index (χ2n) is 5.11. The lowest BCUT2D eigenvalue weighted by atomic mass is 10.2. The van der Waals surface area contributed by atoms with Crippen molar-refractivity contribution in [1.82, 2.24) is 9.47 Å². The first kappa shape index (κ1) is 16.9. The summed E-state index contributed by atoms with van der Waals surface area (Å²) < 4.78 is 5.92. The average Bonchev–Trinajstić information content (AvgIpc) is 3.00. The quantitative estimate of drug-likeness (QED) is 0.652. The Hall–Kier alpha value is -3.43. The van der Waals surface area contributed by atoms with Gasteiger partial charge >= 0.3 is 5.88 Å². The third kappa shape index (κ3) is 3.32. The molecule has 2 rings (SSSR count). The number of nitro groups is 1. The zero-order valence-electron chi connectivity index (χ0n) is 13.1. The van der Waals surface area contributed by atoms with Crippen molar-refractivity contribution in [1.29, 1.82) is 0 Å². The molecule has 0 spiro atoms. The van der Waals surface area contributed by atoms with Crippen molar-refractivity contribution >= 4 is 23.4 Å². The van der Waals surface area contributed by atoms with E-state index in [1.807, 2.05) is 0 Å². The van der Waals surface area contributed by atoms with Gasteiger partial charge in [0, 0.05) is 27.3 Å². The molecule has 0 bridgehead atoms. The number of carbonyl (C=O) groups is 2. The molecule has 0 aliphatic heterocycles. The highest BCUT2D eigenvalue weighted by Gasteiger charge is 2.19. The van der Waals surface area contributed by atoms with Crippen LogP contribution in [0.2, 0.25) is 0 Å². The maximum Gasteiger partial charge on any atom is 0.433 e. The van der Waals surface area contributed by atoms with Crippen molar-refractivity contribution in [2.24, 2.45) is 7.05 Å². The Labute approximate surface area is 135 Å². The van der Waals surface area contributed by atoms with Gasteiger partial charge in [-0.15, -0.1) is 0 Å². The molecular formula is C14H14N4O6. The summed E-state index contributed by atoms with van der Waals surface area (Å²) in [5, 5.41) is 12.9. The van der Waals surface area contributed by atoms with Crippen molar-refractivity contribution in [3.05, 3.63) is 56.2 Å². The Morgan fingerprint density at radius 1 is 1.33 bits per heavy atom. The summed E-state index contributed by atoms with van der Waals surface area (Å²) in [5.74, 6) is -2.11. The number of amides is 2. The molecule has 126 valence electrons. The molecule has 0 saturated carbocycles. The summed E-state index contributed by atoms with van der Waals surface area (Å²) in [7, 11) is 4.53. The number of nitrogens with zero attached hydrogens (tertiary/aromatic N) is 3. The van der Waals surface area contributed by atoms with Crippen LogP contribution in [0.5, 0.6) is 0 Å². The summed E-state index contributed by atoms with van der Waals surface area (Å²) in [6, 6.07) is 3.38. The summed E-state index contributed by atoms with van der Waals surface area (Å²) in [6.07, 6.45) is 1.35. The third-order valence-electron chi connectivity index (χ3n) is 3.08. The highest BCUT2D eigenvalue weighted by molar-refractivity contribution is 6.03. The Morgan fingerprint density at radius 3 is 2.54 bits per heavy atom.